The smallest absolute Gasteiger partial charge is 0.119 e. The van der Waals surface area contributed by atoms with E-state index in [4.69, 9.17) is 10.5 Å². The van der Waals surface area contributed by atoms with E-state index in [-0.39, 0.29) is 0 Å². The Labute approximate surface area is 72.3 Å². The Balaban J connectivity index is 1.80. The summed E-state index contributed by atoms with van der Waals surface area (Å²) in [7, 11) is 0. The molecule has 2 rings (SSSR count). The predicted octanol–water partition coefficient (Wildman–Crippen LogP) is 1.41. The van der Waals surface area contributed by atoms with Crippen molar-refractivity contribution in [3.05, 3.63) is 30.3 Å². The highest BCUT2D eigenvalue weighted by Crippen LogP contribution is 2.28. The third-order valence-electron chi connectivity index (χ3n) is 2.18. The van der Waals surface area contributed by atoms with Gasteiger partial charge >= 0.3 is 0 Å². The molecule has 2 atom stereocenters. The number of ether oxygens (including phenoxy) is 1. The number of para-hydroxylation sites is 1. The van der Waals surface area contributed by atoms with Crippen LogP contribution in [0.4, 0.5) is 0 Å². The molecule has 0 spiro atoms. The van der Waals surface area contributed by atoms with Crippen LogP contribution in [-0.2, 0) is 0 Å². The molecule has 2 N–H and O–H groups in total. The lowest BCUT2D eigenvalue weighted by atomic mass is 10.3. The summed E-state index contributed by atoms with van der Waals surface area (Å²) in [4.78, 5) is 0. The van der Waals surface area contributed by atoms with Crippen LogP contribution in [0.25, 0.3) is 0 Å². The first-order valence-corrected chi connectivity index (χ1v) is 4.29. The number of hydrogen-bond acceptors (Lipinski definition) is 2. The molecule has 2 heteroatoms. The molecular weight excluding hydrogens is 150 g/mol. The molecule has 0 heterocycles. The Morgan fingerprint density at radius 3 is 2.58 bits per heavy atom. The first-order valence-electron chi connectivity index (χ1n) is 4.29. The Morgan fingerprint density at radius 1 is 1.33 bits per heavy atom. The van der Waals surface area contributed by atoms with Crippen molar-refractivity contribution in [1.29, 1.82) is 0 Å². The van der Waals surface area contributed by atoms with E-state index in [1.807, 2.05) is 30.3 Å². The molecule has 12 heavy (non-hydrogen) atoms. The molecule has 0 aromatic heterocycles. The highest BCUT2D eigenvalue weighted by Gasteiger charge is 2.33. The van der Waals surface area contributed by atoms with Crippen molar-refractivity contribution in [1.82, 2.24) is 0 Å². The molecule has 1 aliphatic rings. The maximum absolute atomic E-state index is 5.65. The zero-order chi connectivity index (χ0) is 8.39. The van der Waals surface area contributed by atoms with Gasteiger partial charge in [0.2, 0.25) is 0 Å². The standard InChI is InChI=1S/C10H13NO/c11-10-6-8(10)7-12-9-4-2-1-3-5-9/h1-5,8,10H,6-7,11H2. The van der Waals surface area contributed by atoms with Gasteiger partial charge in [0, 0.05) is 12.0 Å². The van der Waals surface area contributed by atoms with Gasteiger partial charge in [-0.15, -0.1) is 0 Å². The van der Waals surface area contributed by atoms with Crippen LogP contribution in [0.5, 0.6) is 5.75 Å². The summed E-state index contributed by atoms with van der Waals surface area (Å²) in [6, 6.07) is 10.2. The van der Waals surface area contributed by atoms with Crippen molar-refractivity contribution in [2.75, 3.05) is 6.61 Å². The van der Waals surface area contributed by atoms with E-state index in [1.54, 1.807) is 0 Å². The highest BCUT2D eigenvalue weighted by molar-refractivity contribution is 5.21. The SMILES string of the molecule is NC1CC1COc1ccccc1. The largest absolute Gasteiger partial charge is 0.493 e. The molecule has 1 fully saturated rings. The molecule has 0 amide bonds. The number of hydrogen-bond donors (Lipinski definition) is 1. The molecule has 2 nitrogen and oxygen atoms in total. The van der Waals surface area contributed by atoms with Gasteiger partial charge in [-0.05, 0) is 18.6 Å². The van der Waals surface area contributed by atoms with Crippen molar-refractivity contribution in [2.24, 2.45) is 11.7 Å². The number of rotatable bonds is 3. The molecule has 1 aromatic carbocycles. The fourth-order valence-corrected chi connectivity index (χ4v) is 1.18. The zero-order valence-electron chi connectivity index (χ0n) is 6.94. The van der Waals surface area contributed by atoms with Gasteiger partial charge in [0.25, 0.3) is 0 Å². The van der Waals surface area contributed by atoms with E-state index in [0.29, 0.717) is 12.0 Å². The second-order valence-corrected chi connectivity index (χ2v) is 3.28. The van der Waals surface area contributed by atoms with Crippen molar-refractivity contribution in [3.8, 4) is 5.75 Å². The first kappa shape index (κ1) is 7.62. The van der Waals surface area contributed by atoms with Gasteiger partial charge in [0.1, 0.15) is 5.75 Å². The maximum Gasteiger partial charge on any atom is 0.119 e. The number of nitrogens with two attached hydrogens (primary N) is 1. The summed E-state index contributed by atoms with van der Waals surface area (Å²) in [6.07, 6.45) is 1.12. The van der Waals surface area contributed by atoms with E-state index >= 15 is 0 Å². The van der Waals surface area contributed by atoms with E-state index < -0.39 is 0 Å². The minimum Gasteiger partial charge on any atom is -0.493 e. The average Bonchev–Trinajstić information content (AvgIpc) is 2.81. The van der Waals surface area contributed by atoms with Crippen LogP contribution in [0.15, 0.2) is 30.3 Å². The van der Waals surface area contributed by atoms with E-state index in [2.05, 4.69) is 0 Å². The van der Waals surface area contributed by atoms with Gasteiger partial charge in [-0.1, -0.05) is 18.2 Å². The van der Waals surface area contributed by atoms with Crippen LogP contribution in [0, 0.1) is 5.92 Å². The van der Waals surface area contributed by atoms with Crippen molar-refractivity contribution in [2.45, 2.75) is 12.5 Å². The molecular formula is C10H13NO. The lowest BCUT2D eigenvalue weighted by molar-refractivity contribution is 0.297. The average molecular weight is 163 g/mol. The summed E-state index contributed by atoms with van der Waals surface area (Å²) >= 11 is 0. The molecule has 0 saturated heterocycles. The lowest BCUT2D eigenvalue weighted by Crippen LogP contribution is -2.08. The monoisotopic (exact) mass is 163 g/mol. The Morgan fingerprint density at radius 2 is 2.00 bits per heavy atom. The van der Waals surface area contributed by atoms with Gasteiger partial charge in [0.15, 0.2) is 0 Å². The predicted molar refractivity (Wildman–Crippen MR) is 48.0 cm³/mol. The van der Waals surface area contributed by atoms with Crippen molar-refractivity contribution < 1.29 is 4.74 Å². The van der Waals surface area contributed by atoms with Crippen LogP contribution >= 0.6 is 0 Å². The molecule has 2 unspecified atom stereocenters. The zero-order valence-corrected chi connectivity index (χ0v) is 6.94. The fourth-order valence-electron chi connectivity index (χ4n) is 1.18. The summed E-state index contributed by atoms with van der Waals surface area (Å²) in [6.45, 7) is 0.769. The third-order valence-corrected chi connectivity index (χ3v) is 2.18. The van der Waals surface area contributed by atoms with Crippen molar-refractivity contribution >= 4 is 0 Å². The molecule has 64 valence electrons. The minimum atomic E-state index is 0.383. The van der Waals surface area contributed by atoms with Gasteiger partial charge in [-0.25, -0.2) is 0 Å². The molecule has 1 aromatic rings. The quantitative estimate of drug-likeness (QED) is 0.731. The van der Waals surface area contributed by atoms with E-state index in [1.165, 1.54) is 0 Å². The minimum absolute atomic E-state index is 0.383. The van der Waals surface area contributed by atoms with E-state index in [9.17, 15) is 0 Å². The summed E-state index contributed by atoms with van der Waals surface area (Å²) < 4.78 is 5.52. The van der Waals surface area contributed by atoms with E-state index in [0.717, 1.165) is 18.8 Å². The second-order valence-electron chi connectivity index (χ2n) is 3.28. The summed E-state index contributed by atoms with van der Waals surface area (Å²) in [5.74, 6) is 1.53. The summed E-state index contributed by atoms with van der Waals surface area (Å²) in [5, 5.41) is 0. The first-order chi connectivity index (χ1) is 5.86. The third kappa shape index (κ3) is 1.77. The Bertz CT molecular complexity index is 247. The second kappa shape index (κ2) is 3.15. The van der Waals surface area contributed by atoms with Gasteiger partial charge in [-0.2, -0.15) is 0 Å². The Kier molecular flexibility index (Phi) is 2.00. The normalized spacial score (nSPS) is 26.8. The van der Waals surface area contributed by atoms with Gasteiger partial charge in [0.05, 0.1) is 6.61 Å². The van der Waals surface area contributed by atoms with Crippen molar-refractivity contribution in [3.63, 3.8) is 0 Å². The van der Waals surface area contributed by atoms with Crippen LogP contribution in [0.1, 0.15) is 6.42 Å². The molecule has 0 bridgehead atoms. The van der Waals surface area contributed by atoms with Crippen LogP contribution in [0.3, 0.4) is 0 Å². The topological polar surface area (TPSA) is 35.2 Å². The van der Waals surface area contributed by atoms with Crippen LogP contribution in [0.2, 0.25) is 0 Å². The van der Waals surface area contributed by atoms with Crippen LogP contribution in [-0.4, -0.2) is 12.6 Å². The highest BCUT2D eigenvalue weighted by atomic mass is 16.5. The molecule has 0 radical (unpaired) electrons. The number of benzene rings is 1. The van der Waals surface area contributed by atoms with Gasteiger partial charge < -0.3 is 10.5 Å². The molecule has 0 aliphatic heterocycles. The summed E-state index contributed by atoms with van der Waals surface area (Å²) in [5.41, 5.74) is 5.65. The molecule has 1 saturated carbocycles. The van der Waals surface area contributed by atoms with Gasteiger partial charge in [-0.3, -0.25) is 0 Å². The maximum atomic E-state index is 5.65. The fraction of sp³-hybridized carbons (Fsp3) is 0.400. The lowest BCUT2D eigenvalue weighted by Gasteiger charge is -2.03. The van der Waals surface area contributed by atoms with Crippen LogP contribution < -0.4 is 10.5 Å². The Hall–Kier alpha value is -1.02. The molecule has 1 aliphatic carbocycles.